The molecule has 5 nitrogen and oxygen atoms in total. The molecule has 1 atom stereocenters. The van der Waals surface area contributed by atoms with Gasteiger partial charge in [-0.15, -0.1) is 0 Å². The monoisotopic (exact) mass is 304 g/mol. The van der Waals surface area contributed by atoms with E-state index in [0.29, 0.717) is 18.5 Å². The number of rotatable bonds is 5. The van der Waals surface area contributed by atoms with Crippen molar-refractivity contribution in [2.45, 2.75) is 69.9 Å². The fraction of sp³-hybridized carbons (Fsp3) is 0.765. The first kappa shape index (κ1) is 15.5. The van der Waals surface area contributed by atoms with Crippen LogP contribution < -0.4 is 5.32 Å². The number of carbonyl (C=O) groups excluding carboxylic acids is 1. The van der Waals surface area contributed by atoms with Crippen molar-refractivity contribution in [1.82, 2.24) is 14.7 Å². The first-order valence-electron chi connectivity index (χ1n) is 8.77. The molecule has 0 spiro atoms. The van der Waals surface area contributed by atoms with E-state index in [9.17, 15) is 4.79 Å². The molecule has 1 aromatic rings. The van der Waals surface area contributed by atoms with Crippen LogP contribution in [0, 0.1) is 0 Å². The molecule has 1 saturated carbocycles. The Balaban J connectivity index is 1.50. The molecule has 1 saturated heterocycles. The normalized spacial score (nSPS) is 23.8. The molecule has 3 rings (SSSR count). The molecule has 1 aliphatic heterocycles. The van der Waals surface area contributed by atoms with E-state index in [1.165, 1.54) is 51.5 Å². The van der Waals surface area contributed by atoms with Gasteiger partial charge in [0.1, 0.15) is 5.82 Å². The number of nitrogens with one attached hydrogen (secondary N) is 1. The van der Waals surface area contributed by atoms with Gasteiger partial charge in [0.05, 0.1) is 12.2 Å². The highest BCUT2D eigenvalue weighted by Crippen LogP contribution is 2.31. The Morgan fingerprint density at radius 1 is 1.27 bits per heavy atom. The van der Waals surface area contributed by atoms with Crippen LogP contribution in [-0.4, -0.2) is 40.2 Å². The van der Waals surface area contributed by atoms with Gasteiger partial charge in [0.25, 0.3) is 0 Å². The van der Waals surface area contributed by atoms with Crippen LogP contribution in [0.15, 0.2) is 12.3 Å². The zero-order valence-electron chi connectivity index (χ0n) is 13.6. The molecule has 0 radical (unpaired) electrons. The van der Waals surface area contributed by atoms with Crippen LogP contribution in [0.25, 0.3) is 0 Å². The molecule has 22 heavy (non-hydrogen) atoms. The molecule has 5 heteroatoms. The first-order chi connectivity index (χ1) is 10.7. The molecule has 0 bridgehead atoms. The maximum Gasteiger partial charge on any atom is 0.225 e. The van der Waals surface area contributed by atoms with Gasteiger partial charge in [-0.25, -0.2) is 4.68 Å². The summed E-state index contributed by atoms with van der Waals surface area (Å²) < 4.78 is 2.01. The lowest BCUT2D eigenvalue weighted by atomic mass is 9.98. The molecule has 2 fully saturated rings. The Bertz CT molecular complexity index is 493. The molecule has 1 aliphatic carbocycles. The number of carbonyl (C=O) groups is 1. The quantitative estimate of drug-likeness (QED) is 0.909. The van der Waals surface area contributed by atoms with Gasteiger partial charge in [-0.05, 0) is 45.7 Å². The van der Waals surface area contributed by atoms with Gasteiger partial charge in [-0.3, -0.25) is 4.79 Å². The van der Waals surface area contributed by atoms with Crippen molar-refractivity contribution < 1.29 is 4.79 Å². The van der Waals surface area contributed by atoms with Gasteiger partial charge in [0.15, 0.2) is 0 Å². The summed E-state index contributed by atoms with van der Waals surface area (Å²) in [5.74, 6) is 0.993. The van der Waals surface area contributed by atoms with Gasteiger partial charge in [0, 0.05) is 18.5 Å². The van der Waals surface area contributed by atoms with Crippen molar-refractivity contribution >= 4 is 11.7 Å². The summed E-state index contributed by atoms with van der Waals surface area (Å²) >= 11 is 0. The summed E-state index contributed by atoms with van der Waals surface area (Å²) in [6.45, 7) is 1.17. The van der Waals surface area contributed by atoms with Gasteiger partial charge in [-0.1, -0.05) is 19.3 Å². The molecule has 1 N–H and O–H groups in total. The molecular formula is C17H28N4O. The Labute approximate surface area is 133 Å². The maximum atomic E-state index is 12.3. The number of amides is 1. The van der Waals surface area contributed by atoms with Crippen LogP contribution in [0.1, 0.15) is 63.8 Å². The van der Waals surface area contributed by atoms with Crippen molar-refractivity contribution in [1.29, 1.82) is 0 Å². The van der Waals surface area contributed by atoms with Gasteiger partial charge < -0.3 is 10.2 Å². The average molecular weight is 304 g/mol. The number of aromatic nitrogens is 2. The minimum Gasteiger partial charge on any atom is -0.311 e. The molecule has 2 aliphatic rings. The van der Waals surface area contributed by atoms with Crippen molar-refractivity contribution in [3.05, 3.63) is 12.3 Å². The lowest BCUT2D eigenvalue weighted by Gasteiger charge is -2.32. The molecule has 122 valence electrons. The fourth-order valence-electron chi connectivity index (χ4n) is 3.86. The van der Waals surface area contributed by atoms with Crippen LogP contribution >= 0.6 is 0 Å². The Morgan fingerprint density at radius 3 is 2.82 bits per heavy atom. The molecule has 1 unspecified atom stereocenters. The summed E-state index contributed by atoms with van der Waals surface area (Å²) in [7, 11) is 2.18. The summed E-state index contributed by atoms with van der Waals surface area (Å²) in [6.07, 6.45) is 12.1. The van der Waals surface area contributed by atoms with Crippen LogP contribution in [-0.2, 0) is 4.79 Å². The van der Waals surface area contributed by atoms with E-state index in [-0.39, 0.29) is 5.91 Å². The van der Waals surface area contributed by atoms with Crippen LogP contribution in [0.3, 0.4) is 0 Å². The first-order valence-corrected chi connectivity index (χ1v) is 8.77. The highest BCUT2D eigenvalue weighted by molar-refractivity contribution is 5.89. The smallest absolute Gasteiger partial charge is 0.225 e. The lowest BCUT2D eigenvalue weighted by Crippen LogP contribution is -2.36. The summed E-state index contributed by atoms with van der Waals surface area (Å²) in [5, 5.41) is 7.47. The standard InChI is InChI=1S/C17H28N4O/c1-20-13-5-4-6-14(20)9-10-17(22)19-16-11-12-18-21(16)15-7-2-3-8-15/h11-12,14-15H,2-10,13H2,1H3,(H,19,22). The Hall–Kier alpha value is -1.36. The fourth-order valence-corrected chi connectivity index (χ4v) is 3.86. The highest BCUT2D eigenvalue weighted by Gasteiger charge is 2.22. The van der Waals surface area contributed by atoms with Crippen molar-refractivity contribution in [3.63, 3.8) is 0 Å². The number of piperidine rings is 1. The summed E-state index contributed by atoms with van der Waals surface area (Å²) in [5.41, 5.74) is 0. The van der Waals surface area contributed by atoms with Gasteiger partial charge in [0.2, 0.25) is 5.91 Å². The van der Waals surface area contributed by atoms with E-state index in [1.54, 1.807) is 6.20 Å². The topological polar surface area (TPSA) is 50.2 Å². The molecule has 1 amide bonds. The molecule has 2 heterocycles. The second kappa shape index (κ2) is 7.27. The molecule has 1 aromatic heterocycles. The second-order valence-electron chi connectivity index (χ2n) is 6.82. The van der Waals surface area contributed by atoms with E-state index in [1.807, 2.05) is 10.7 Å². The van der Waals surface area contributed by atoms with Gasteiger partial charge in [-0.2, -0.15) is 5.10 Å². The number of anilines is 1. The second-order valence-corrected chi connectivity index (χ2v) is 6.82. The van der Waals surface area contributed by atoms with E-state index in [4.69, 9.17) is 0 Å². The Morgan fingerprint density at radius 2 is 2.05 bits per heavy atom. The number of likely N-dealkylation sites (tertiary alicyclic amines) is 1. The predicted molar refractivity (Wildman–Crippen MR) is 87.9 cm³/mol. The van der Waals surface area contributed by atoms with Crippen LogP contribution in [0.2, 0.25) is 0 Å². The van der Waals surface area contributed by atoms with E-state index < -0.39 is 0 Å². The largest absolute Gasteiger partial charge is 0.311 e. The average Bonchev–Trinajstić information content (AvgIpc) is 3.17. The third-order valence-electron chi connectivity index (χ3n) is 5.23. The van der Waals surface area contributed by atoms with Crippen molar-refractivity contribution in [2.24, 2.45) is 0 Å². The zero-order chi connectivity index (χ0) is 15.4. The van der Waals surface area contributed by atoms with Crippen LogP contribution in [0.4, 0.5) is 5.82 Å². The maximum absolute atomic E-state index is 12.3. The molecule has 0 aromatic carbocycles. The molecular weight excluding hydrogens is 276 g/mol. The number of hydrogen-bond acceptors (Lipinski definition) is 3. The minimum atomic E-state index is 0.124. The van der Waals surface area contributed by atoms with E-state index >= 15 is 0 Å². The Kier molecular flexibility index (Phi) is 5.13. The number of hydrogen-bond donors (Lipinski definition) is 1. The van der Waals surface area contributed by atoms with E-state index in [2.05, 4.69) is 22.4 Å². The summed E-state index contributed by atoms with van der Waals surface area (Å²) in [4.78, 5) is 14.7. The minimum absolute atomic E-state index is 0.124. The third-order valence-corrected chi connectivity index (χ3v) is 5.23. The SMILES string of the molecule is CN1CCCCC1CCC(=O)Nc1ccnn1C1CCCC1. The zero-order valence-corrected chi connectivity index (χ0v) is 13.6. The van der Waals surface area contributed by atoms with Gasteiger partial charge >= 0.3 is 0 Å². The van der Waals surface area contributed by atoms with Crippen LogP contribution in [0.5, 0.6) is 0 Å². The van der Waals surface area contributed by atoms with Crippen molar-refractivity contribution in [2.75, 3.05) is 18.9 Å². The van der Waals surface area contributed by atoms with E-state index in [0.717, 1.165) is 12.2 Å². The highest BCUT2D eigenvalue weighted by atomic mass is 16.1. The number of nitrogens with zero attached hydrogens (tertiary/aromatic N) is 3. The third kappa shape index (κ3) is 3.69. The predicted octanol–water partition coefficient (Wildman–Crippen LogP) is 3.20. The lowest BCUT2D eigenvalue weighted by molar-refractivity contribution is -0.116. The van der Waals surface area contributed by atoms with Crippen molar-refractivity contribution in [3.8, 4) is 0 Å². The summed E-state index contributed by atoms with van der Waals surface area (Å²) in [6, 6.07) is 2.96.